The highest BCUT2D eigenvalue weighted by molar-refractivity contribution is 6.05. The highest BCUT2D eigenvalue weighted by Gasteiger charge is 2.32. The lowest BCUT2D eigenvalue weighted by Gasteiger charge is -2.23. The van der Waals surface area contributed by atoms with Crippen LogP contribution in [0.2, 0.25) is 0 Å². The summed E-state index contributed by atoms with van der Waals surface area (Å²) in [6.45, 7) is 9.17. The zero-order chi connectivity index (χ0) is 29.8. The van der Waals surface area contributed by atoms with Crippen molar-refractivity contribution >= 4 is 18.1 Å². The summed E-state index contributed by atoms with van der Waals surface area (Å²) in [5.41, 5.74) is 8.03. The second kappa shape index (κ2) is 12.6. The van der Waals surface area contributed by atoms with E-state index in [1.54, 1.807) is 14.2 Å². The van der Waals surface area contributed by atoms with Crippen molar-refractivity contribution in [3.8, 4) is 45.3 Å². The Labute approximate surface area is 247 Å². The largest absolute Gasteiger partial charge is 0.493 e. The summed E-state index contributed by atoms with van der Waals surface area (Å²) in [6.07, 6.45) is 10.5. The van der Waals surface area contributed by atoms with Crippen molar-refractivity contribution in [3.63, 3.8) is 0 Å². The monoisotopic (exact) mass is 566 g/mol. The second-order valence-electron chi connectivity index (χ2n) is 9.97. The fourth-order valence-corrected chi connectivity index (χ4v) is 5.61. The van der Waals surface area contributed by atoms with Crippen LogP contribution in [0.4, 0.5) is 0 Å². The first-order valence-corrected chi connectivity index (χ1v) is 14.6. The molecule has 0 spiro atoms. The maximum atomic E-state index is 13.7. The Morgan fingerprint density at radius 3 is 2.40 bits per heavy atom. The molecule has 0 N–H and O–H groups in total. The van der Waals surface area contributed by atoms with E-state index in [0.29, 0.717) is 29.6 Å². The summed E-state index contributed by atoms with van der Waals surface area (Å²) in [7, 11) is 3.26. The van der Waals surface area contributed by atoms with Crippen LogP contribution in [0.5, 0.6) is 11.5 Å². The predicted octanol–water partition coefficient (Wildman–Crippen LogP) is 8.38. The molecule has 1 aliphatic carbocycles. The minimum Gasteiger partial charge on any atom is -0.493 e. The molecule has 0 unspecified atom stereocenters. The number of allylic oxidation sites excluding steroid dienone is 2. The molecule has 7 heteroatoms. The molecular formula is C35H38N2O5. The number of carbonyl (C=O) groups excluding carboxylic acids is 1. The number of hydrogen-bond acceptors (Lipinski definition) is 6. The van der Waals surface area contributed by atoms with Gasteiger partial charge in [-0.15, -0.1) is 0 Å². The fourth-order valence-electron chi connectivity index (χ4n) is 5.61. The summed E-state index contributed by atoms with van der Waals surface area (Å²) in [6, 6.07) is 12.0. The van der Waals surface area contributed by atoms with Crippen molar-refractivity contribution in [2.45, 2.75) is 53.5 Å². The van der Waals surface area contributed by atoms with Gasteiger partial charge in [0.05, 0.1) is 32.1 Å². The van der Waals surface area contributed by atoms with Crippen LogP contribution < -0.4 is 9.47 Å². The number of rotatable bonds is 7. The first kappa shape index (κ1) is 29.0. The summed E-state index contributed by atoms with van der Waals surface area (Å²) in [4.78, 5) is 18.4. The number of hydrogen-bond donors (Lipinski definition) is 0. The molecule has 218 valence electrons. The minimum absolute atomic E-state index is 0.324. The van der Waals surface area contributed by atoms with Crippen molar-refractivity contribution in [1.29, 1.82) is 0 Å². The van der Waals surface area contributed by atoms with Gasteiger partial charge in [0.1, 0.15) is 5.69 Å². The smallest absolute Gasteiger partial charge is 0.340 e. The molecule has 2 aromatic carbocycles. The third-order valence-electron chi connectivity index (χ3n) is 7.55. The molecule has 7 nitrogen and oxygen atoms in total. The number of aromatic nitrogens is 2. The van der Waals surface area contributed by atoms with Crippen LogP contribution in [0, 0.1) is 6.92 Å². The average Bonchev–Trinajstić information content (AvgIpc) is 3.49. The summed E-state index contributed by atoms with van der Waals surface area (Å²) >= 11 is 0. The topological polar surface area (TPSA) is 75.7 Å². The third-order valence-corrected chi connectivity index (χ3v) is 7.55. The SMILES string of the molecule is CC.CCCOC(=O)c1c(-c2ccc(-c3nc4c(o3)C=CCC=C4)cc2)c(C)n2c1-c1cc(OC)c(OC)cc1CC2. The van der Waals surface area contributed by atoms with Gasteiger partial charge in [0, 0.05) is 28.9 Å². The van der Waals surface area contributed by atoms with Gasteiger partial charge < -0.3 is 23.2 Å². The third kappa shape index (κ3) is 5.15. The van der Waals surface area contributed by atoms with E-state index >= 15 is 0 Å². The first-order chi connectivity index (χ1) is 20.5. The number of ether oxygens (including phenoxy) is 3. The van der Waals surface area contributed by atoms with Gasteiger partial charge in [-0.3, -0.25) is 0 Å². The Morgan fingerprint density at radius 2 is 1.69 bits per heavy atom. The van der Waals surface area contributed by atoms with Gasteiger partial charge in [0.15, 0.2) is 17.3 Å². The van der Waals surface area contributed by atoms with Crippen molar-refractivity contribution in [2.75, 3.05) is 20.8 Å². The first-order valence-electron chi connectivity index (χ1n) is 14.6. The number of oxazole rings is 1. The van der Waals surface area contributed by atoms with Gasteiger partial charge in [-0.25, -0.2) is 9.78 Å². The lowest BCUT2D eigenvalue weighted by Crippen LogP contribution is -2.15. The molecule has 0 radical (unpaired) electrons. The highest BCUT2D eigenvalue weighted by Crippen LogP contribution is 2.45. The van der Waals surface area contributed by atoms with Gasteiger partial charge in [-0.1, -0.05) is 45.1 Å². The molecule has 0 saturated heterocycles. The Bertz CT molecular complexity index is 1620. The van der Waals surface area contributed by atoms with Crippen LogP contribution in [0.3, 0.4) is 0 Å². The molecule has 1 aliphatic heterocycles. The molecule has 2 aromatic heterocycles. The number of fused-ring (bicyclic) bond motifs is 4. The van der Waals surface area contributed by atoms with Crippen LogP contribution >= 0.6 is 0 Å². The number of esters is 1. The zero-order valence-corrected chi connectivity index (χ0v) is 25.2. The van der Waals surface area contributed by atoms with E-state index in [1.807, 2.05) is 69.3 Å². The van der Waals surface area contributed by atoms with E-state index in [0.717, 1.165) is 76.5 Å². The number of carbonyl (C=O) groups is 1. The van der Waals surface area contributed by atoms with Crippen molar-refractivity contribution in [1.82, 2.24) is 9.55 Å². The number of methoxy groups -OCH3 is 2. The predicted molar refractivity (Wildman–Crippen MR) is 167 cm³/mol. The van der Waals surface area contributed by atoms with Gasteiger partial charge in [0.2, 0.25) is 5.89 Å². The molecule has 4 aromatic rings. The molecule has 42 heavy (non-hydrogen) atoms. The van der Waals surface area contributed by atoms with E-state index in [1.165, 1.54) is 0 Å². The Morgan fingerprint density at radius 1 is 1.00 bits per heavy atom. The van der Waals surface area contributed by atoms with E-state index < -0.39 is 0 Å². The number of benzene rings is 2. The highest BCUT2D eigenvalue weighted by atomic mass is 16.5. The summed E-state index contributed by atoms with van der Waals surface area (Å²) < 4.78 is 25.2. The molecule has 0 saturated carbocycles. The van der Waals surface area contributed by atoms with Crippen molar-refractivity contribution in [3.05, 3.63) is 76.8 Å². The van der Waals surface area contributed by atoms with Gasteiger partial charge in [-0.05, 0) is 73.7 Å². The molecule has 3 heterocycles. The Hall–Kier alpha value is -4.52. The van der Waals surface area contributed by atoms with Crippen LogP contribution in [0.1, 0.15) is 66.7 Å². The van der Waals surface area contributed by atoms with Crippen LogP contribution in [0.25, 0.3) is 46.0 Å². The maximum absolute atomic E-state index is 13.7. The van der Waals surface area contributed by atoms with Crippen molar-refractivity contribution < 1.29 is 23.4 Å². The molecular weight excluding hydrogens is 528 g/mol. The second-order valence-corrected chi connectivity index (χ2v) is 9.97. The molecule has 0 amide bonds. The molecule has 2 aliphatic rings. The van der Waals surface area contributed by atoms with E-state index in [-0.39, 0.29) is 5.97 Å². The molecule has 0 bridgehead atoms. The summed E-state index contributed by atoms with van der Waals surface area (Å²) in [5.74, 6) is 2.31. The van der Waals surface area contributed by atoms with E-state index in [2.05, 4.69) is 28.6 Å². The molecule has 0 fully saturated rings. The fraction of sp³-hybridized carbons (Fsp3) is 0.314. The number of nitrogens with zero attached hydrogens (tertiary/aromatic N) is 2. The Balaban J connectivity index is 0.00000173. The normalized spacial score (nSPS) is 12.8. The van der Waals surface area contributed by atoms with Gasteiger partial charge in [-0.2, -0.15) is 0 Å². The standard InChI is InChI=1S/C33H32N2O5.C2H6/c1-5-17-39-33(36)30-29(20(2)35-16-15-23-18-27(37-3)28(38-4)19-24(23)31(30)35)21-11-13-22(14-12-21)32-34-25-9-7-6-8-10-26(25)40-32;1-2/h7-14,18-19H,5-6,15-17H2,1-4H3;1-2H3. The minimum atomic E-state index is -0.324. The van der Waals surface area contributed by atoms with Crippen LogP contribution in [0.15, 0.2) is 53.0 Å². The van der Waals surface area contributed by atoms with Crippen LogP contribution in [-0.4, -0.2) is 36.3 Å². The molecule has 6 rings (SSSR count). The number of aryl methyl sites for hydroxylation is 1. The van der Waals surface area contributed by atoms with Gasteiger partial charge >= 0.3 is 5.97 Å². The lowest BCUT2D eigenvalue weighted by atomic mass is 9.93. The van der Waals surface area contributed by atoms with Crippen LogP contribution in [-0.2, 0) is 17.7 Å². The van der Waals surface area contributed by atoms with E-state index in [4.69, 9.17) is 18.6 Å². The Kier molecular flexibility index (Phi) is 8.67. The quantitative estimate of drug-likeness (QED) is 0.209. The van der Waals surface area contributed by atoms with Crippen molar-refractivity contribution in [2.24, 2.45) is 0 Å². The van der Waals surface area contributed by atoms with E-state index in [9.17, 15) is 4.79 Å². The summed E-state index contributed by atoms with van der Waals surface area (Å²) in [5, 5.41) is 0. The zero-order valence-electron chi connectivity index (χ0n) is 25.2. The molecule has 0 atom stereocenters. The van der Waals surface area contributed by atoms with Gasteiger partial charge in [0.25, 0.3) is 0 Å². The average molecular weight is 567 g/mol. The maximum Gasteiger partial charge on any atom is 0.340 e. The lowest BCUT2D eigenvalue weighted by molar-refractivity contribution is 0.0507.